The fourth-order valence-corrected chi connectivity index (χ4v) is 5.42. The molecule has 1 N–H and O–H groups in total. The number of nitrogens with zero attached hydrogens (tertiary/aromatic N) is 2. The first kappa shape index (κ1) is 18.8. The maximum atomic E-state index is 12.5. The Labute approximate surface area is 173 Å². The van der Waals surface area contributed by atoms with E-state index < -0.39 is 0 Å². The van der Waals surface area contributed by atoms with Crippen molar-refractivity contribution in [1.29, 1.82) is 0 Å². The van der Waals surface area contributed by atoms with Crippen molar-refractivity contribution in [3.8, 4) is 0 Å². The molecule has 2 heterocycles. The van der Waals surface area contributed by atoms with Crippen molar-refractivity contribution in [3.05, 3.63) is 65.5 Å². The minimum Gasteiger partial charge on any atom is -0.356 e. The van der Waals surface area contributed by atoms with Crippen LogP contribution in [0.15, 0.2) is 48.7 Å². The Bertz CT molecular complexity index is 853. The lowest BCUT2D eigenvalue weighted by Crippen LogP contribution is -2.41. The van der Waals surface area contributed by atoms with Crippen LogP contribution < -0.4 is 5.32 Å². The molecule has 4 nitrogen and oxygen atoms in total. The predicted molar refractivity (Wildman–Crippen MR) is 115 cm³/mol. The summed E-state index contributed by atoms with van der Waals surface area (Å²) < 4.78 is 0. The molecule has 152 valence electrons. The second-order valence-corrected chi connectivity index (χ2v) is 9.32. The van der Waals surface area contributed by atoms with Crippen molar-refractivity contribution < 1.29 is 4.79 Å². The number of amides is 1. The van der Waals surface area contributed by atoms with Crippen LogP contribution in [0.2, 0.25) is 0 Å². The molecule has 1 spiro atoms. The molecule has 0 bridgehead atoms. The summed E-state index contributed by atoms with van der Waals surface area (Å²) in [6.45, 7) is 4.02. The monoisotopic (exact) mass is 389 g/mol. The zero-order valence-electron chi connectivity index (χ0n) is 17.1. The van der Waals surface area contributed by atoms with Crippen LogP contribution in [0.3, 0.4) is 0 Å². The highest BCUT2D eigenvalue weighted by Gasteiger charge is 2.45. The number of pyridine rings is 1. The Kier molecular flexibility index (Phi) is 5.13. The molecule has 0 radical (unpaired) electrons. The van der Waals surface area contributed by atoms with Gasteiger partial charge in [0.2, 0.25) is 5.91 Å². The Balaban J connectivity index is 1.25. The smallest absolute Gasteiger partial charge is 0.220 e. The normalized spacial score (nSPS) is 23.1. The van der Waals surface area contributed by atoms with Gasteiger partial charge in [-0.2, -0.15) is 0 Å². The topological polar surface area (TPSA) is 45.2 Å². The number of carbonyl (C=O) groups is 1. The van der Waals surface area contributed by atoms with Crippen LogP contribution >= 0.6 is 0 Å². The standard InChI is InChI=1S/C25H31N3O/c29-24(27-17-19-8-9-19)15-20-16-25(23-7-2-1-6-22(20)23)10-13-28(14-11-25)18-21-5-3-4-12-26-21/h1-7,12,19-20H,8-11,13-18H2,(H,27,29)/t20-/m1/s1. The van der Waals surface area contributed by atoms with Crippen molar-refractivity contribution in [3.63, 3.8) is 0 Å². The summed E-state index contributed by atoms with van der Waals surface area (Å²) in [5, 5.41) is 3.17. The van der Waals surface area contributed by atoms with Gasteiger partial charge >= 0.3 is 0 Å². The van der Waals surface area contributed by atoms with Crippen LogP contribution in [0.1, 0.15) is 61.3 Å². The highest BCUT2D eigenvalue weighted by Crippen LogP contribution is 2.52. The summed E-state index contributed by atoms with van der Waals surface area (Å²) in [5.41, 5.74) is 4.34. The molecule has 5 rings (SSSR count). The molecule has 1 saturated heterocycles. The van der Waals surface area contributed by atoms with Gasteiger partial charge in [0, 0.05) is 25.7 Å². The maximum Gasteiger partial charge on any atom is 0.220 e. The van der Waals surface area contributed by atoms with Crippen molar-refractivity contribution in [2.24, 2.45) is 5.92 Å². The molecule has 1 aliphatic heterocycles. The molecular formula is C25H31N3O. The number of nitrogens with one attached hydrogen (secondary N) is 1. The second-order valence-electron chi connectivity index (χ2n) is 9.32. The molecule has 2 fully saturated rings. The van der Waals surface area contributed by atoms with Crippen LogP contribution in [-0.4, -0.2) is 35.4 Å². The van der Waals surface area contributed by atoms with Crippen LogP contribution in [0.4, 0.5) is 0 Å². The molecule has 1 amide bonds. The van der Waals surface area contributed by atoms with E-state index in [1.165, 1.54) is 36.8 Å². The van der Waals surface area contributed by atoms with E-state index in [0.29, 0.717) is 12.3 Å². The third kappa shape index (κ3) is 4.09. The number of rotatable bonds is 6. The maximum absolute atomic E-state index is 12.5. The summed E-state index contributed by atoms with van der Waals surface area (Å²) >= 11 is 0. The van der Waals surface area contributed by atoms with Gasteiger partial charge in [0.25, 0.3) is 0 Å². The fourth-order valence-electron chi connectivity index (χ4n) is 5.42. The van der Waals surface area contributed by atoms with E-state index in [1.807, 2.05) is 12.3 Å². The van der Waals surface area contributed by atoms with Gasteiger partial charge < -0.3 is 5.32 Å². The van der Waals surface area contributed by atoms with Gasteiger partial charge in [-0.1, -0.05) is 30.3 Å². The Morgan fingerprint density at radius 1 is 1.10 bits per heavy atom. The molecule has 3 aliphatic rings. The third-order valence-electron chi connectivity index (χ3n) is 7.25. The summed E-state index contributed by atoms with van der Waals surface area (Å²) in [7, 11) is 0. The van der Waals surface area contributed by atoms with E-state index in [9.17, 15) is 4.79 Å². The van der Waals surface area contributed by atoms with Crippen LogP contribution in [0, 0.1) is 5.92 Å². The van der Waals surface area contributed by atoms with E-state index in [0.717, 1.165) is 44.2 Å². The quantitative estimate of drug-likeness (QED) is 0.812. The van der Waals surface area contributed by atoms with Crippen LogP contribution in [-0.2, 0) is 16.8 Å². The Hall–Kier alpha value is -2.20. The number of piperidine rings is 1. The number of benzene rings is 1. The molecule has 2 aromatic rings. The summed E-state index contributed by atoms with van der Waals surface area (Å²) in [6, 6.07) is 15.1. The summed E-state index contributed by atoms with van der Waals surface area (Å²) in [4.78, 5) is 19.6. The highest BCUT2D eigenvalue weighted by molar-refractivity contribution is 5.77. The SMILES string of the molecule is O=C(C[C@@H]1CC2(CCN(Cc3ccccn3)CC2)c2ccccc21)NCC1CC1. The lowest BCUT2D eigenvalue weighted by atomic mass is 9.73. The van der Waals surface area contributed by atoms with Crippen LogP contribution in [0.5, 0.6) is 0 Å². The van der Waals surface area contributed by atoms with Gasteiger partial charge in [0.05, 0.1) is 5.69 Å². The van der Waals surface area contributed by atoms with Gasteiger partial charge in [0.15, 0.2) is 0 Å². The van der Waals surface area contributed by atoms with Gasteiger partial charge in [-0.15, -0.1) is 0 Å². The van der Waals surface area contributed by atoms with Gasteiger partial charge in [-0.25, -0.2) is 0 Å². The summed E-state index contributed by atoms with van der Waals surface area (Å²) in [6.07, 6.45) is 8.57. The molecule has 0 unspecified atom stereocenters. The molecule has 1 aromatic carbocycles. The van der Waals surface area contributed by atoms with Crippen molar-refractivity contribution in [1.82, 2.24) is 15.2 Å². The zero-order chi connectivity index (χ0) is 19.7. The van der Waals surface area contributed by atoms with Gasteiger partial charge in [-0.05, 0) is 85.7 Å². The first-order valence-electron chi connectivity index (χ1n) is 11.2. The average Bonchev–Trinajstić information content (AvgIpc) is 3.54. The third-order valence-corrected chi connectivity index (χ3v) is 7.25. The molecular weight excluding hydrogens is 358 g/mol. The van der Waals surface area contributed by atoms with Crippen molar-refractivity contribution in [2.45, 2.75) is 56.4 Å². The molecule has 4 heteroatoms. The van der Waals surface area contributed by atoms with Crippen LogP contribution in [0.25, 0.3) is 0 Å². The number of hydrogen-bond acceptors (Lipinski definition) is 3. The minimum atomic E-state index is 0.237. The highest BCUT2D eigenvalue weighted by atomic mass is 16.1. The van der Waals surface area contributed by atoms with E-state index in [4.69, 9.17) is 0 Å². The molecule has 29 heavy (non-hydrogen) atoms. The molecule has 1 atom stereocenters. The number of carbonyl (C=O) groups excluding carboxylic acids is 1. The number of aromatic nitrogens is 1. The summed E-state index contributed by atoms with van der Waals surface area (Å²) in [5.74, 6) is 1.35. The Morgan fingerprint density at radius 3 is 2.66 bits per heavy atom. The first-order valence-corrected chi connectivity index (χ1v) is 11.2. The fraction of sp³-hybridized carbons (Fsp3) is 0.520. The number of hydrogen-bond donors (Lipinski definition) is 1. The largest absolute Gasteiger partial charge is 0.356 e. The van der Waals surface area contributed by atoms with Crippen molar-refractivity contribution >= 4 is 5.91 Å². The minimum absolute atomic E-state index is 0.237. The number of likely N-dealkylation sites (tertiary alicyclic amines) is 1. The van der Waals surface area contributed by atoms with E-state index >= 15 is 0 Å². The second kappa shape index (κ2) is 7.91. The molecule has 1 aromatic heterocycles. The predicted octanol–water partition coefficient (Wildman–Crippen LogP) is 4.02. The van der Waals surface area contributed by atoms with Gasteiger partial charge in [-0.3, -0.25) is 14.7 Å². The van der Waals surface area contributed by atoms with E-state index in [1.54, 1.807) is 0 Å². The first-order chi connectivity index (χ1) is 14.2. The number of fused-ring (bicyclic) bond motifs is 2. The average molecular weight is 390 g/mol. The Morgan fingerprint density at radius 2 is 1.90 bits per heavy atom. The van der Waals surface area contributed by atoms with E-state index in [-0.39, 0.29) is 11.3 Å². The van der Waals surface area contributed by atoms with Gasteiger partial charge in [0.1, 0.15) is 0 Å². The van der Waals surface area contributed by atoms with E-state index in [2.05, 4.69) is 51.6 Å². The van der Waals surface area contributed by atoms with Crippen molar-refractivity contribution in [2.75, 3.05) is 19.6 Å². The lowest BCUT2D eigenvalue weighted by Gasteiger charge is -2.40. The molecule has 2 aliphatic carbocycles. The zero-order valence-corrected chi connectivity index (χ0v) is 17.1. The lowest BCUT2D eigenvalue weighted by molar-refractivity contribution is -0.121. The molecule has 1 saturated carbocycles.